The van der Waals surface area contributed by atoms with E-state index in [-0.39, 0.29) is 11.9 Å². The van der Waals surface area contributed by atoms with Crippen molar-refractivity contribution >= 4 is 29.3 Å². The Morgan fingerprint density at radius 1 is 1.61 bits per heavy atom. The third-order valence-electron chi connectivity index (χ3n) is 3.17. The maximum absolute atomic E-state index is 12.1. The number of nitrogens with zero attached hydrogens (tertiary/aromatic N) is 1. The number of hydrogen-bond acceptors (Lipinski definition) is 3. The van der Waals surface area contributed by atoms with Gasteiger partial charge in [0.15, 0.2) is 0 Å². The van der Waals surface area contributed by atoms with Gasteiger partial charge >= 0.3 is 0 Å². The van der Waals surface area contributed by atoms with Gasteiger partial charge in [0.05, 0.1) is 10.6 Å². The van der Waals surface area contributed by atoms with E-state index in [9.17, 15) is 4.79 Å². The quantitative estimate of drug-likeness (QED) is 0.924. The molecule has 2 rings (SSSR count). The molecule has 0 bridgehead atoms. The minimum absolute atomic E-state index is 0.0870. The molecular formula is C13H17ClN2OS. The first kappa shape index (κ1) is 13.7. The second kappa shape index (κ2) is 6.43. The highest BCUT2D eigenvalue weighted by atomic mass is 35.5. The van der Waals surface area contributed by atoms with Crippen LogP contribution in [0.4, 0.5) is 0 Å². The molecule has 0 aromatic carbocycles. The van der Waals surface area contributed by atoms with Gasteiger partial charge in [0, 0.05) is 23.7 Å². The number of pyridine rings is 1. The first-order chi connectivity index (χ1) is 8.72. The van der Waals surface area contributed by atoms with E-state index < -0.39 is 0 Å². The number of thioether (sulfide) groups is 1. The van der Waals surface area contributed by atoms with E-state index >= 15 is 0 Å². The fraction of sp³-hybridized carbons (Fsp3) is 0.538. The van der Waals surface area contributed by atoms with Crippen LogP contribution in [0, 0.1) is 0 Å². The predicted octanol–water partition coefficient (Wildman–Crippen LogP) is 3.14. The van der Waals surface area contributed by atoms with Gasteiger partial charge in [0.1, 0.15) is 0 Å². The van der Waals surface area contributed by atoms with Gasteiger partial charge in [-0.2, -0.15) is 11.8 Å². The summed E-state index contributed by atoms with van der Waals surface area (Å²) < 4.78 is 0. The van der Waals surface area contributed by atoms with E-state index in [2.05, 4.69) is 17.2 Å². The van der Waals surface area contributed by atoms with Gasteiger partial charge < -0.3 is 5.32 Å². The van der Waals surface area contributed by atoms with Crippen LogP contribution in [0.15, 0.2) is 18.5 Å². The van der Waals surface area contributed by atoms with Crippen LogP contribution in [0.2, 0.25) is 5.02 Å². The molecule has 1 aliphatic carbocycles. The summed E-state index contributed by atoms with van der Waals surface area (Å²) in [6.07, 6.45) is 6.53. The molecule has 98 valence electrons. The zero-order valence-corrected chi connectivity index (χ0v) is 11.9. The normalized spacial score (nSPS) is 23.0. The van der Waals surface area contributed by atoms with Crippen molar-refractivity contribution in [2.75, 3.05) is 5.75 Å². The van der Waals surface area contributed by atoms with Crippen LogP contribution in [-0.4, -0.2) is 27.9 Å². The second-order valence-corrected chi connectivity index (χ2v) is 6.28. The molecule has 1 aromatic heterocycles. The minimum atomic E-state index is -0.0870. The number of carbonyl (C=O) groups excluding carboxylic acids is 1. The van der Waals surface area contributed by atoms with E-state index in [4.69, 9.17) is 11.6 Å². The zero-order chi connectivity index (χ0) is 13.0. The van der Waals surface area contributed by atoms with Gasteiger partial charge in [-0.25, -0.2) is 0 Å². The topological polar surface area (TPSA) is 42.0 Å². The molecule has 1 saturated carbocycles. The van der Waals surface area contributed by atoms with E-state index in [1.165, 1.54) is 19.0 Å². The number of rotatable bonds is 4. The van der Waals surface area contributed by atoms with E-state index in [0.29, 0.717) is 15.8 Å². The Kier molecular flexibility index (Phi) is 4.89. The molecule has 5 heteroatoms. The maximum atomic E-state index is 12.1. The highest BCUT2D eigenvalue weighted by Gasteiger charge is 2.28. The van der Waals surface area contributed by atoms with Crippen molar-refractivity contribution in [1.82, 2.24) is 10.3 Å². The van der Waals surface area contributed by atoms with Crippen LogP contribution in [-0.2, 0) is 0 Å². The van der Waals surface area contributed by atoms with Crippen molar-refractivity contribution in [3.63, 3.8) is 0 Å². The Balaban J connectivity index is 2.01. The third kappa shape index (κ3) is 3.18. The van der Waals surface area contributed by atoms with Crippen LogP contribution < -0.4 is 5.32 Å². The maximum Gasteiger partial charge on any atom is 0.253 e. The Bertz CT molecular complexity index is 427. The highest BCUT2D eigenvalue weighted by molar-refractivity contribution is 7.99. The lowest BCUT2D eigenvalue weighted by Gasteiger charge is -2.20. The number of aromatic nitrogens is 1. The smallest absolute Gasteiger partial charge is 0.253 e. The van der Waals surface area contributed by atoms with Crippen molar-refractivity contribution < 1.29 is 4.79 Å². The lowest BCUT2D eigenvalue weighted by molar-refractivity contribution is 0.0938. The molecule has 1 amide bonds. The summed E-state index contributed by atoms with van der Waals surface area (Å²) in [5, 5.41) is 4.05. The number of nitrogens with one attached hydrogen (secondary N) is 1. The number of halogens is 1. The molecule has 2 atom stereocenters. The number of hydrogen-bond donors (Lipinski definition) is 1. The van der Waals surface area contributed by atoms with Crippen molar-refractivity contribution in [1.29, 1.82) is 0 Å². The molecule has 1 aromatic rings. The Morgan fingerprint density at radius 3 is 3.17 bits per heavy atom. The molecule has 0 spiro atoms. The zero-order valence-electron chi connectivity index (χ0n) is 10.4. The molecule has 1 heterocycles. The van der Waals surface area contributed by atoms with Gasteiger partial charge in [0.2, 0.25) is 0 Å². The summed E-state index contributed by atoms with van der Waals surface area (Å²) in [6.45, 7) is 2.15. The van der Waals surface area contributed by atoms with E-state index in [1.807, 2.05) is 11.8 Å². The van der Waals surface area contributed by atoms with Gasteiger partial charge in [-0.1, -0.05) is 24.9 Å². The summed E-state index contributed by atoms with van der Waals surface area (Å²) >= 11 is 7.90. The molecule has 3 nitrogen and oxygen atoms in total. The highest BCUT2D eigenvalue weighted by Crippen LogP contribution is 2.30. The van der Waals surface area contributed by atoms with Crippen LogP contribution >= 0.6 is 23.4 Å². The van der Waals surface area contributed by atoms with Gasteiger partial charge in [-0.3, -0.25) is 9.78 Å². The Morgan fingerprint density at radius 2 is 2.44 bits per heavy atom. The molecule has 2 unspecified atom stereocenters. The third-order valence-corrected chi connectivity index (χ3v) is 4.79. The second-order valence-electron chi connectivity index (χ2n) is 4.36. The number of amides is 1. The fourth-order valence-electron chi connectivity index (χ4n) is 2.31. The molecule has 1 fully saturated rings. The van der Waals surface area contributed by atoms with Crippen molar-refractivity contribution in [2.24, 2.45) is 0 Å². The van der Waals surface area contributed by atoms with E-state index in [1.54, 1.807) is 12.3 Å². The molecule has 18 heavy (non-hydrogen) atoms. The first-order valence-electron chi connectivity index (χ1n) is 6.24. The average Bonchev–Trinajstić information content (AvgIpc) is 2.78. The predicted molar refractivity (Wildman–Crippen MR) is 76.3 cm³/mol. The van der Waals surface area contributed by atoms with Gasteiger partial charge in [0.25, 0.3) is 5.91 Å². The largest absolute Gasteiger partial charge is 0.348 e. The van der Waals surface area contributed by atoms with E-state index in [0.717, 1.165) is 12.2 Å². The molecule has 0 aliphatic heterocycles. The molecule has 1 aliphatic rings. The standard InChI is InChI=1S/C13H17ClN2OS/c1-2-18-12-5-3-4-11(12)16-13(17)9-6-7-15-8-10(9)14/h6-8,11-12H,2-5H2,1H3,(H,16,17). The lowest BCUT2D eigenvalue weighted by Crippen LogP contribution is -2.38. The lowest BCUT2D eigenvalue weighted by atomic mass is 10.2. The van der Waals surface area contributed by atoms with Gasteiger partial charge in [-0.15, -0.1) is 0 Å². The fourth-order valence-corrected chi connectivity index (χ4v) is 3.71. The molecular weight excluding hydrogens is 268 g/mol. The molecule has 1 N–H and O–H groups in total. The number of carbonyl (C=O) groups is 1. The minimum Gasteiger partial charge on any atom is -0.348 e. The average molecular weight is 285 g/mol. The van der Waals surface area contributed by atoms with Crippen molar-refractivity contribution in [3.05, 3.63) is 29.0 Å². The SMILES string of the molecule is CCSC1CCCC1NC(=O)c1ccncc1Cl. The summed E-state index contributed by atoms with van der Waals surface area (Å²) in [5.41, 5.74) is 0.513. The van der Waals surface area contributed by atoms with Crippen LogP contribution in [0.5, 0.6) is 0 Å². The molecule has 0 saturated heterocycles. The van der Waals surface area contributed by atoms with Crippen LogP contribution in [0.3, 0.4) is 0 Å². The first-order valence-corrected chi connectivity index (χ1v) is 7.67. The summed E-state index contributed by atoms with van der Waals surface area (Å²) in [5.74, 6) is 1.00. The molecule has 0 radical (unpaired) electrons. The Hall–Kier alpha value is -0.740. The Labute approximate surface area is 117 Å². The van der Waals surface area contributed by atoms with Crippen molar-refractivity contribution in [3.8, 4) is 0 Å². The van der Waals surface area contributed by atoms with Crippen molar-refractivity contribution in [2.45, 2.75) is 37.5 Å². The summed E-state index contributed by atoms with van der Waals surface area (Å²) in [4.78, 5) is 16.0. The summed E-state index contributed by atoms with van der Waals surface area (Å²) in [6, 6.07) is 1.93. The van der Waals surface area contributed by atoms with Crippen LogP contribution in [0.25, 0.3) is 0 Å². The monoisotopic (exact) mass is 284 g/mol. The van der Waals surface area contributed by atoms with Gasteiger partial charge in [-0.05, 0) is 24.7 Å². The van der Waals surface area contributed by atoms with Crippen LogP contribution in [0.1, 0.15) is 36.5 Å². The summed E-state index contributed by atoms with van der Waals surface area (Å²) in [7, 11) is 0.